The molecule has 0 aliphatic carbocycles. The van der Waals surface area contributed by atoms with Gasteiger partial charge in [-0.2, -0.15) is 0 Å². The number of fused-ring (bicyclic) bond motifs is 1. The molecule has 5 nitrogen and oxygen atoms in total. The van der Waals surface area contributed by atoms with Crippen LogP contribution in [0, 0.1) is 6.92 Å². The molecule has 0 spiro atoms. The standard InChI is InChI=1S/C17H16N2O3/c1-11-3-2-4-12(9-11)16(20)19-13-5-6-15-14(10-13)17(21)18-7-8-22-15/h2-6,9-10H,7-8H2,1H3,(H,18,21)(H,19,20). The monoisotopic (exact) mass is 296 g/mol. The molecule has 0 saturated heterocycles. The number of carbonyl (C=O) groups excluding carboxylic acids is 2. The van der Waals surface area contributed by atoms with E-state index in [1.807, 2.05) is 25.1 Å². The highest BCUT2D eigenvalue weighted by molar-refractivity contribution is 6.05. The Kier molecular flexibility index (Phi) is 3.78. The molecule has 5 heteroatoms. The molecule has 0 atom stereocenters. The molecule has 0 bridgehead atoms. The van der Waals surface area contributed by atoms with Crippen LogP contribution in [0.15, 0.2) is 42.5 Å². The Hall–Kier alpha value is -2.82. The maximum absolute atomic E-state index is 12.2. The van der Waals surface area contributed by atoms with Crippen molar-refractivity contribution in [1.82, 2.24) is 5.32 Å². The minimum absolute atomic E-state index is 0.195. The quantitative estimate of drug-likeness (QED) is 0.894. The molecule has 2 amide bonds. The van der Waals surface area contributed by atoms with Crippen molar-refractivity contribution in [2.45, 2.75) is 6.92 Å². The zero-order valence-electron chi connectivity index (χ0n) is 12.2. The molecule has 0 unspecified atom stereocenters. The molecular weight excluding hydrogens is 280 g/mol. The normalized spacial score (nSPS) is 13.4. The summed E-state index contributed by atoms with van der Waals surface area (Å²) in [6.45, 7) is 2.84. The number of hydrogen-bond acceptors (Lipinski definition) is 3. The number of amides is 2. The van der Waals surface area contributed by atoms with Crippen LogP contribution in [0.5, 0.6) is 5.75 Å². The van der Waals surface area contributed by atoms with E-state index in [2.05, 4.69) is 10.6 Å². The van der Waals surface area contributed by atoms with Crippen LogP contribution >= 0.6 is 0 Å². The molecule has 0 aromatic heterocycles. The second-order valence-electron chi connectivity index (χ2n) is 5.14. The Bertz CT molecular complexity index is 740. The summed E-state index contributed by atoms with van der Waals surface area (Å²) < 4.78 is 5.48. The fourth-order valence-electron chi connectivity index (χ4n) is 2.32. The van der Waals surface area contributed by atoms with Crippen molar-refractivity contribution in [3.63, 3.8) is 0 Å². The summed E-state index contributed by atoms with van der Waals surface area (Å²) >= 11 is 0. The van der Waals surface area contributed by atoms with Gasteiger partial charge in [-0.25, -0.2) is 0 Å². The summed E-state index contributed by atoms with van der Waals surface area (Å²) in [4.78, 5) is 24.2. The third-order valence-electron chi connectivity index (χ3n) is 3.41. The largest absolute Gasteiger partial charge is 0.491 e. The zero-order valence-corrected chi connectivity index (χ0v) is 12.2. The molecule has 1 aliphatic rings. The first-order valence-electron chi connectivity index (χ1n) is 7.06. The number of benzene rings is 2. The third kappa shape index (κ3) is 2.93. The van der Waals surface area contributed by atoms with E-state index in [1.54, 1.807) is 24.3 Å². The minimum atomic E-state index is -0.210. The molecule has 2 aromatic rings. The lowest BCUT2D eigenvalue weighted by molar-refractivity contribution is 0.0955. The maximum Gasteiger partial charge on any atom is 0.255 e. The summed E-state index contributed by atoms with van der Waals surface area (Å²) in [5.74, 6) is 0.126. The topological polar surface area (TPSA) is 67.4 Å². The zero-order chi connectivity index (χ0) is 15.5. The van der Waals surface area contributed by atoms with Crippen molar-refractivity contribution >= 4 is 17.5 Å². The predicted molar refractivity (Wildman–Crippen MR) is 83.4 cm³/mol. The molecule has 22 heavy (non-hydrogen) atoms. The average molecular weight is 296 g/mol. The van der Waals surface area contributed by atoms with E-state index in [1.165, 1.54) is 0 Å². The highest BCUT2D eigenvalue weighted by Crippen LogP contribution is 2.24. The second kappa shape index (κ2) is 5.89. The summed E-state index contributed by atoms with van der Waals surface area (Å²) in [5.41, 5.74) is 2.59. The molecule has 3 rings (SSSR count). The second-order valence-corrected chi connectivity index (χ2v) is 5.14. The van der Waals surface area contributed by atoms with E-state index in [-0.39, 0.29) is 11.8 Å². The maximum atomic E-state index is 12.2. The van der Waals surface area contributed by atoms with Crippen LogP contribution in [-0.2, 0) is 0 Å². The highest BCUT2D eigenvalue weighted by Gasteiger charge is 2.17. The molecule has 2 N–H and O–H groups in total. The average Bonchev–Trinajstić information content (AvgIpc) is 2.69. The fourth-order valence-corrected chi connectivity index (χ4v) is 2.32. The van der Waals surface area contributed by atoms with Gasteiger partial charge in [-0.15, -0.1) is 0 Å². The summed E-state index contributed by atoms with van der Waals surface area (Å²) in [5, 5.41) is 5.55. The number of carbonyl (C=O) groups is 2. The fraction of sp³-hybridized carbons (Fsp3) is 0.176. The molecule has 112 valence electrons. The first-order valence-corrected chi connectivity index (χ1v) is 7.06. The number of anilines is 1. The molecule has 0 saturated carbocycles. The molecule has 1 heterocycles. The van der Waals surface area contributed by atoms with Crippen LogP contribution in [0.1, 0.15) is 26.3 Å². The van der Waals surface area contributed by atoms with E-state index in [9.17, 15) is 9.59 Å². The van der Waals surface area contributed by atoms with Gasteiger partial charge in [-0.3, -0.25) is 9.59 Å². The van der Waals surface area contributed by atoms with Crippen LogP contribution in [-0.4, -0.2) is 25.0 Å². The minimum Gasteiger partial charge on any atom is -0.491 e. The Labute approximate surface area is 128 Å². The van der Waals surface area contributed by atoms with Gasteiger partial charge in [0.05, 0.1) is 12.1 Å². The number of nitrogens with one attached hydrogen (secondary N) is 2. The van der Waals surface area contributed by atoms with Gasteiger partial charge in [0, 0.05) is 11.3 Å². The Balaban J connectivity index is 1.84. The van der Waals surface area contributed by atoms with Gasteiger partial charge in [0.1, 0.15) is 12.4 Å². The molecule has 0 fully saturated rings. The summed E-state index contributed by atoms with van der Waals surface area (Å²) in [6.07, 6.45) is 0. The number of rotatable bonds is 2. The molecule has 2 aromatic carbocycles. The summed E-state index contributed by atoms with van der Waals surface area (Å²) in [7, 11) is 0. The number of ether oxygens (including phenoxy) is 1. The molecular formula is C17H16N2O3. The van der Waals surface area contributed by atoms with Crippen molar-refractivity contribution in [3.05, 3.63) is 59.2 Å². The van der Waals surface area contributed by atoms with Crippen LogP contribution < -0.4 is 15.4 Å². The van der Waals surface area contributed by atoms with Crippen LogP contribution in [0.2, 0.25) is 0 Å². The lowest BCUT2D eigenvalue weighted by Gasteiger charge is -2.10. The first-order chi connectivity index (χ1) is 10.6. The first kappa shape index (κ1) is 14.1. The van der Waals surface area contributed by atoms with Gasteiger partial charge in [0.25, 0.3) is 11.8 Å². The van der Waals surface area contributed by atoms with Gasteiger partial charge in [0.2, 0.25) is 0 Å². The SMILES string of the molecule is Cc1cccc(C(=O)Nc2ccc3c(c2)C(=O)NCCO3)c1. The van der Waals surface area contributed by atoms with Crippen molar-refractivity contribution in [2.24, 2.45) is 0 Å². The van der Waals surface area contributed by atoms with E-state index in [0.29, 0.717) is 35.7 Å². The van der Waals surface area contributed by atoms with Gasteiger partial charge in [0.15, 0.2) is 0 Å². The van der Waals surface area contributed by atoms with E-state index >= 15 is 0 Å². The summed E-state index contributed by atoms with van der Waals surface area (Å²) in [6, 6.07) is 12.4. The van der Waals surface area contributed by atoms with Crippen molar-refractivity contribution in [3.8, 4) is 5.75 Å². The highest BCUT2D eigenvalue weighted by atomic mass is 16.5. The van der Waals surface area contributed by atoms with Crippen LogP contribution in [0.4, 0.5) is 5.69 Å². The molecule has 0 radical (unpaired) electrons. The smallest absolute Gasteiger partial charge is 0.255 e. The predicted octanol–water partition coefficient (Wildman–Crippen LogP) is 2.37. The van der Waals surface area contributed by atoms with Crippen molar-refractivity contribution in [1.29, 1.82) is 0 Å². The van der Waals surface area contributed by atoms with Crippen molar-refractivity contribution in [2.75, 3.05) is 18.5 Å². The number of hydrogen-bond donors (Lipinski definition) is 2. The lowest BCUT2D eigenvalue weighted by Crippen LogP contribution is -2.24. The molecule has 1 aliphatic heterocycles. The Morgan fingerprint density at radius 2 is 2.09 bits per heavy atom. The van der Waals surface area contributed by atoms with Gasteiger partial charge in [-0.1, -0.05) is 17.7 Å². The third-order valence-corrected chi connectivity index (χ3v) is 3.41. The van der Waals surface area contributed by atoms with E-state index < -0.39 is 0 Å². The Morgan fingerprint density at radius 3 is 2.91 bits per heavy atom. The number of aryl methyl sites for hydroxylation is 1. The lowest BCUT2D eigenvalue weighted by atomic mass is 10.1. The van der Waals surface area contributed by atoms with Gasteiger partial charge < -0.3 is 15.4 Å². The van der Waals surface area contributed by atoms with E-state index in [4.69, 9.17) is 4.74 Å². The van der Waals surface area contributed by atoms with Gasteiger partial charge >= 0.3 is 0 Å². The van der Waals surface area contributed by atoms with E-state index in [0.717, 1.165) is 5.56 Å². The van der Waals surface area contributed by atoms with Gasteiger partial charge in [-0.05, 0) is 37.3 Å². The van der Waals surface area contributed by atoms with Crippen molar-refractivity contribution < 1.29 is 14.3 Å². The Morgan fingerprint density at radius 1 is 1.23 bits per heavy atom. The van der Waals surface area contributed by atoms with Crippen LogP contribution in [0.25, 0.3) is 0 Å². The van der Waals surface area contributed by atoms with Crippen LogP contribution in [0.3, 0.4) is 0 Å².